The maximum absolute atomic E-state index is 12.7. The van der Waals surface area contributed by atoms with E-state index in [0.29, 0.717) is 17.9 Å². The Morgan fingerprint density at radius 3 is 2.44 bits per heavy atom. The zero-order valence-corrected chi connectivity index (χ0v) is 16.7. The fourth-order valence-corrected chi connectivity index (χ4v) is 3.49. The van der Waals surface area contributed by atoms with Gasteiger partial charge in [-0.15, -0.1) is 11.8 Å². The van der Waals surface area contributed by atoms with Crippen LogP contribution in [0.2, 0.25) is 0 Å². The van der Waals surface area contributed by atoms with E-state index in [0.717, 1.165) is 38.5 Å². The molecule has 0 unspecified atom stereocenters. The summed E-state index contributed by atoms with van der Waals surface area (Å²) < 4.78 is 11.0. The molecule has 1 aliphatic heterocycles. The smallest absolute Gasteiger partial charge is 0.254 e. The molecule has 0 bridgehead atoms. The summed E-state index contributed by atoms with van der Waals surface area (Å²) in [5, 5.41) is 0. The van der Waals surface area contributed by atoms with Gasteiger partial charge in [0, 0.05) is 43.2 Å². The zero-order valence-electron chi connectivity index (χ0n) is 15.9. The van der Waals surface area contributed by atoms with Crippen LogP contribution >= 0.6 is 11.8 Å². The Morgan fingerprint density at radius 2 is 1.78 bits per heavy atom. The molecule has 1 saturated heterocycles. The Labute approximate surface area is 165 Å². The van der Waals surface area contributed by atoms with Gasteiger partial charge in [-0.05, 0) is 48.7 Å². The van der Waals surface area contributed by atoms with Gasteiger partial charge in [-0.2, -0.15) is 0 Å². The summed E-state index contributed by atoms with van der Waals surface area (Å²) in [4.78, 5) is 18.1. The molecule has 0 spiro atoms. The SMILES string of the molecule is COc1cccc(C(=O)N2CCN(CCOc3ccc(SC)cc3)CC2)c1. The van der Waals surface area contributed by atoms with E-state index in [2.05, 4.69) is 23.3 Å². The minimum Gasteiger partial charge on any atom is -0.497 e. The molecule has 144 valence electrons. The fraction of sp³-hybridized carbons (Fsp3) is 0.381. The van der Waals surface area contributed by atoms with Gasteiger partial charge in [0.15, 0.2) is 0 Å². The summed E-state index contributed by atoms with van der Waals surface area (Å²) in [7, 11) is 1.61. The van der Waals surface area contributed by atoms with Gasteiger partial charge in [-0.25, -0.2) is 0 Å². The minimum atomic E-state index is 0.0682. The lowest BCUT2D eigenvalue weighted by Gasteiger charge is -2.34. The number of rotatable bonds is 7. The molecule has 0 saturated carbocycles. The lowest BCUT2D eigenvalue weighted by atomic mass is 10.1. The predicted octanol–water partition coefficient (Wildman–Crippen LogP) is 3.25. The van der Waals surface area contributed by atoms with Gasteiger partial charge >= 0.3 is 0 Å². The van der Waals surface area contributed by atoms with Crippen molar-refractivity contribution in [2.45, 2.75) is 4.90 Å². The first kappa shape index (κ1) is 19.6. The van der Waals surface area contributed by atoms with Gasteiger partial charge in [0.1, 0.15) is 18.1 Å². The van der Waals surface area contributed by atoms with Crippen molar-refractivity contribution in [3.63, 3.8) is 0 Å². The molecule has 1 fully saturated rings. The van der Waals surface area contributed by atoms with Crippen molar-refractivity contribution in [2.24, 2.45) is 0 Å². The first-order chi connectivity index (χ1) is 13.2. The van der Waals surface area contributed by atoms with Gasteiger partial charge in [-0.3, -0.25) is 9.69 Å². The van der Waals surface area contributed by atoms with E-state index in [4.69, 9.17) is 9.47 Å². The number of ether oxygens (including phenoxy) is 2. The van der Waals surface area contributed by atoms with Crippen LogP contribution in [0.3, 0.4) is 0 Å². The summed E-state index contributed by atoms with van der Waals surface area (Å²) in [6, 6.07) is 15.5. The number of benzene rings is 2. The highest BCUT2D eigenvalue weighted by atomic mass is 32.2. The number of hydrogen-bond acceptors (Lipinski definition) is 5. The van der Waals surface area contributed by atoms with Crippen molar-refractivity contribution >= 4 is 17.7 Å². The van der Waals surface area contributed by atoms with Crippen molar-refractivity contribution in [2.75, 3.05) is 52.7 Å². The van der Waals surface area contributed by atoms with Gasteiger partial charge < -0.3 is 14.4 Å². The summed E-state index contributed by atoms with van der Waals surface area (Å²) >= 11 is 1.72. The number of methoxy groups -OCH3 is 1. The molecule has 3 rings (SSSR count). The number of amides is 1. The molecule has 5 nitrogen and oxygen atoms in total. The second-order valence-electron chi connectivity index (χ2n) is 6.39. The third kappa shape index (κ3) is 5.40. The molecule has 2 aromatic carbocycles. The van der Waals surface area contributed by atoms with E-state index in [9.17, 15) is 4.79 Å². The van der Waals surface area contributed by atoms with Crippen LogP contribution in [0.5, 0.6) is 11.5 Å². The molecular formula is C21H26N2O3S. The van der Waals surface area contributed by atoms with Crippen LogP contribution in [0.4, 0.5) is 0 Å². The van der Waals surface area contributed by atoms with E-state index in [1.807, 2.05) is 35.2 Å². The number of carbonyl (C=O) groups is 1. The van der Waals surface area contributed by atoms with Crippen molar-refractivity contribution in [3.05, 3.63) is 54.1 Å². The maximum atomic E-state index is 12.7. The van der Waals surface area contributed by atoms with E-state index >= 15 is 0 Å². The highest BCUT2D eigenvalue weighted by Crippen LogP contribution is 2.19. The lowest BCUT2D eigenvalue weighted by molar-refractivity contribution is 0.0620. The van der Waals surface area contributed by atoms with Gasteiger partial charge in [-0.1, -0.05) is 6.07 Å². The molecule has 0 aliphatic carbocycles. The van der Waals surface area contributed by atoms with Gasteiger partial charge in [0.05, 0.1) is 7.11 Å². The molecule has 0 radical (unpaired) electrons. The molecule has 1 heterocycles. The number of hydrogen-bond donors (Lipinski definition) is 0. The number of nitrogens with zero attached hydrogens (tertiary/aromatic N) is 2. The van der Waals surface area contributed by atoms with Crippen LogP contribution in [0.25, 0.3) is 0 Å². The molecule has 6 heteroatoms. The third-order valence-electron chi connectivity index (χ3n) is 4.71. The van der Waals surface area contributed by atoms with Crippen molar-refractivity contribution in [3.8, 4) is 11.5 Å². The van der Waals surface area contributed by atoms with E-state index in [1.54, 1.807) is 24.9 Å². The summed E-state index contributed by atoms with van der Waals surface area (Å²) in [5.41, 5.74) is 0.680. The molecule has 0 N–H and O–H groups in total. The fourth-order valence-electron chi connectivity index (χ4n) is 3.08. The Kier molecular flexibility index (Phi) is 7.01. The van der Waals surface area contributed by atoms with Gasteiger partial charge in [0.25, 0.3) is 5.91 Å². The first-order valence-electron chi connectivity index (χ1n) is 9.12. The molecule has 27 heavy (non-hydrogen) atoms. The largest absolute Gasteiger partial charge is 0.497 e. The van der Waals surface area contributed by atoms with E-state index < -0.39 is 0 Å². The van der Waals surface area contributed by atoms with E-state index in [-0.39, 0.29) is 5.91 Å². The molecule has 1 amide bonds. The molecule has 1 aliphatic rings. The van der Waals surface area contributed by atoms with Crippen molar-refractivity contribution in [1.29, 1.82) is 0 Å². The average Bonchev–Trinajstić information content (AvgIpc) is 2.74. The van der Waals surface area contributed by atoms with E-state index in [1.165, 1.54) is 4.90 Å². The Morgan fingerprint density at radius 1 is 1.04 bits per heavy atom. The average molecular weight is 387 g/mol. The van der Waals surface area contributed by atoms with Crippen LogP contribution in [-0.2, 0) is 0 Å². The molecular weight excluding hydrogens is 360 g/mol. The highest BCUT2D eigenvalue weighted by Gasteiger charge is 2.22. The monoisotopic (exact) mass is 386 g/mol. The summed E-state index contributed by atoms with van der Waals surface area (Å²) in [6.45, 7) is 4.72. The lowest BCUT2D eigenvalue weighted by Crippen LogP contribution is -2.49. The minimum absolute atomic E-state index is 0.0682. The van der Waals surface area contributed by atoms with Crippen molar-refractivity contribution in [1.82, 2.24) is 9.80 Å². The molecule has 2 aromatic rings. The highest BCUT2D eigenvalue weighted by molar-refractivity contribution is 7.98. The van der Waals surface area contributed by atoms with Crippen LogP contribution in [0.15, 0.2) is 53.4 Å². The second kappa shape index (κ2) is 9.67. The van der Waals surface area contributed by atoms with Crippen LogP contribution in [-0.4, -0.2) is 68.4 Å². The van der Waals surface area contributed by atoms with Crippen LogP contribution < -0.4 is 9.47 Å². The number of carbonyl (C=O) groups excluding carboxylic acids is 1. The topological polar surface area (TPSA) is 42.0 Å². The van der Waals surface area contributed by atoms with Crippen LogP contribution in [0, 0.1) is 0 Å². The summed E-state index contributed by atoms with van der Waals surface area (Å²) in [6.07, 6.45) is 2.06. The molecule has 0 aromatic heterocycles. The summed E-state index contributed by atoms with van der Waals surface area (Å²) in [5.74, 6) is 1.68. The number of thioether (sulfide) groups is 1. The van der Waals surface area contributed by atoms with Crippen LogP contribution in [0.1, 0.15) is 10.4 Å². The standard InChI is InChI=1S/C21H26N2O3S/c1-25-19-5-3-4-17(16-19)21(24)23-12-10-22(11-13-23)14-15-26-18-6-8-20(27-2)9-7-18/h3-9,16H,10-15H2,1-2H3. The first-order valence-corrected chi connectivity index (χ1v) is 10.3. The number of piperazine rings is 1. The normalized spacial score (nSPS) is 14.8. The van der Waals surface area contributed by atoms with Gasteiger partial charge in [0.2, 0.25) is 0 Å². The molecule has 0 atom stereocenters. The Bertz CT molecular complexity index is 743. The second-order valence-corrected chi connectivity index (χ2v) is 7.27. The van der Waals surface area contributed by atoms with Crippen molar-refractivity contribution < 1.29 is 14.3 Å². The predicted molar refractivity (Wildman–Crippen MR) is 109 cm³/mol. The third-order valence-corrected chi connectivity index (χ3v) is 5.46. The Hall–Kier alpha value is -2.18. The zero-order chi connectivity index (χ0) is 19.1. The Balaban J connectivity index is 1.42. The quantitative estimate of drug-likeness (QED) is 0.684. The maximum Gasteiger partial charge on any atom is 0.254 e.